The van der Waals surface area contributed by atoms with Gasteiger partial charge in [0.25, 0.3) is 0 Å². The first-order valence-electron chi connectivity index (χ1n) is 5.60. The van der Waals surface area contributed by atoms with E-state index in [-0.39, 0.29) is 23.2 Å². The van der Waals surface area contributed by atoms with Crippen LogP contribution < -0.4 is 15.2 Å². The van der Waals surface area contributed by atoms with Gasteiger partial charge in [0.15, 0.2) is 5.75 Å². The van der Waals surface area contributed by atoms with E-state index in [1.165, 1.54) is 13.2 Å². The van der Waals surface area contributed by atoms with Gasteiger partial charge in [-0.05, 0) is 34.5 Å². The van der Waals surface area contributed by atoms with Crippen LogP contribution in [0.15, 0.2) is 21.5 Å². The highest BCUT2D eigenvalue weighted by Gasteiger charge is 2.22. The summed E-state index contributed by atoms with van der Waals surface area (Å²) < 4.78 is 32.4. The summed E-state index contributed by atoms with van der Waals surface area (Å²) in [6, 6.07) is 2.67. The Morgan fingerprint density at radius 1 is 1.53 bits per heavy atom. The van der Waals surface area contributed by atoms with E-state index in [2.05, 4.69) is 20.7 Å². The summed E-state index contributed by atoms with van der Waals surface area (Å²) in [5.74, 6) is 0.210. The molecule has 19 heavy (non-hydrogen) atoms. The highest BCUT2D eigenvalue weighted by Crippen LogP contribution is 2.35. The molecule has 0 spiro atoms. The minimum absolute atomic E-state index is 0.0160. The Morgan fingerprint density at radius 2 is 2.16 bits per heavy atom. The van der Waals surface area contributed by atoms with Gasteiger partial charge >= 0.3 is 0 Å². The van der Waals surface area contributed by atoms with Crippen molar-refractivity contribution in [2.45, 2.75) is 24.3 Å². The van der Waals surface area contributed by atoms with Crippen LogP contribution in [0.1, 0.15) is 13.3 Å². The summed E-state index contributed by atoms with van der Waals surface area (Å²) in [5.41, 5.74) is 5.70. The quantitative estimate of drug-likeness (QED) is 0.802. The van der Waals surface area contributed by atoms with Crippen LogP contribution in [0.5, 0.6) is 5.75 Å². The Balaban J connectivity index is 3.14. The number of methoxy groups -OCH3 is 1. The van der Waals surface area contributed by atoms with Gasteiger partial charge in [0.05, 0.1) is 11.6 Å². The molecular weight excluding hydrogens is 356 g/mol. The van der Waals surface area contributed by atoms with Crippen LogP contribution in [0.2, 0.25) is 5.02 Å². The Bertz CT molecular complexity index is 551. The second-order valence-electron chi connectivity index (χ2n) is 3.94. The van der Waals surface area contributed by atoms with Crippen molar-refractivity contribution in [2.24, 2.45) is 5.73 Å². The zero-order valence-corrected chi connectivity index (χ0v) is 13.8. The SMILES string of the molecule is CCC(N)CNS(=O)(=O)c1cc(Cl)cc(Br)c1OC. The second kappa shape index (κ2) is 6.90. The lowest BCUT2D eigenvalue weighted by molar-refractivity contribution is 0.399. The maximum absolute atomic E-state index is 12.2. The third-order valence-electron chi connectivity index (χ3n) is 2.53. The molecule has 5 nitrogen and oxygen atoms in total. The number of hydrogen-bond acceptors (Lipinski definition) is 4. The number of benzene rings is 1. The van der Waals surface area contributed by atoms with Gasteiger partial charge < -0.3 is 10.5 Å². The molecule has 1 aromatic carbocycles. The molecule has 0 aliphatic heterocycles. The molecule has 108 valence electrons. The molecule has 0 saturated carbocycles. The molecule has 1 rings (SSSR count). The van der Waals surface area contributed by atoms with Crippen molar-refractivity contribution in [1.29, 1.82) is 0 Å². The van der Waals surface area contributed by atoms with E-state index in [0.717, 1.165) is 0 Å². The molecule has 0 fully saturated rings. The van der Waals surface area contributed by atoms with Gasteiger partial charge in [-0.1, -0.05) is 18.5 Å². The maximum Gasteiger partial charge on any atom is 0.244 e. The number of hydrogen-bond donors (Lipinski definition) is 2. The van der Waals surface area contributed by atoms with Crippen LogP contribution in [0.4, 0.5) is 0 Å². The second-order valence-corrected chi connectivity index (χ2v) is 6.97. The molecule has 3 N–H and O–H groups in total. The summed E-state index contributed by atoms with van der Waals surface area (Å²) in [6.07, 6.45) is 0.679. The van der Waals surface area contributed by atoms with Crippen molar-refractivity contribution < 1.29 is 13.2 Å². The van der Waals surface area contributed by atoms with Crippen LogP contribution in [0.25, 0.3) is 0 Å². The zero-order valence-electron chi connectivity index (χ0n) is 10.6. The summed E-state index contributed by atoms with van der Waals surface area (Å²) in [6.45, 7) is 2.04. The van der Waals surface area contributed by atoms with Crippen molar-refractivity contribution in [3.63, 3.8) is 0 Å². The first-order valence-corrected chi connectivity index (χ1v) is 8.25. The van der Waals surface area contributed by atoms with Crippen LogP contribution in [0, 0.1) is 0 Å². The number of nitrogens with one attached hydrogen (secondary N) is 1. The van der Waals surface area contributed by atoms with Gasteiger partial charge in [0.2, 0.25) is 10.0 Å². The molecule has 0 aliphatic rings. The van der Waals surface area contributed by atoms with Crippen molar-refractivity contribution in [3.8, 4) is 5.75 Å². The fourth-order valence-electron chi connectivity index (χ4n) is 1.37. The van der Waals surface area contributed by atoms with Crippen molar-refractivity contribution in [3.05, 3.63) is 21.6 Å². The van der Waals surface area contributed by atoms with Crippen molar-refractivity contribution in [2.75, 3.05) is 13.7 Å². The van der Waals surface area contributed by atoms with E-state index in [9.17, 15) is 8.42 Å². The molecule has 1 aromatic rings. The molecule has 0 aromatic heterocycles. The van der Waals surface area contributed by atoms with E-state index in [4.69, 9.17) is 22.1 Å². The van der Waals surface area contributed by atoms with Gasteiger partial charge in [-0.2, -0.15) is 0 Å². The molecule has 0 heterocycles. The van der Waals surface area contributed by atoms with Gasteiger partial charge in [0.1, 0.15) is 4.90 Å². The van der Waals surface area contributed by atoms with E-state index in [1.54, 1.807) is 6.07 Å². The Hall–Kier alpha value is -0.340. The highest BCUT2D eigenvalue weighted by molar-refractivity contribution is 9.10. The van der Waals surface area contributed by atoms with Gasteiger partial charge in [-0.25, -0.2) is 13.1 Å². The molecule has 1 unspecified atom stereocenters. The highest BCUT2D eigenvalue weighted by atomic mass is 79.9. The van der Waals surface area contributed by atoms with Crippen LogP contribution in [-0.2, 0) is 10.0 Å². The normalized spacial score (nSPS) is 13.3. The largest absolute Gasteiger partial charge is 0.494 e. The molecule has 8 heteroatoms. The fourth-order valence-corrected chi connectivity index (χ4v) is 3.85. The predicted molar refractivity (Wildman–Crippen MR) is 79.2 cm³/mol. The number of ether oxygens (including phenoxy) is 1. The van der Waals surface area contributed by atoms with E-state index in [0.29, 0.717) is 15.9 Å². The van der Waals surface area contributed by atoms with Gasteiger partial charge in [-0.15, -0.1) is 0 Å². The number of sulfonamides is 1. The molecule has 0 saturated heterocycles. The lowest BCUT2D eigenvalue weighted by atomic mass is 10.2. The van der Waals surface area contributed by atoms with E-state index in [1.807, 2.05) is 6.92 Å². The number of halogens is 2. The average Bonchev–Trinajstić information content (AvgIpc) is 2.35. The zero-order chi connectivity index (χ0) is 14.6. The summed E-state index contributed by atoms with van der Waals surface area (Å²) >= 11 is 9.09. The Labute approximate surface area is 126 Å². The van der Waals surface area contributed by atoms with E-state index >= 15 is 0 Å². The van der Waals surface area contributed by atoms with Crippen molar-refractivity contribution in [1.82, 2.24) is 4.72 Å². The monoisotopic (exact) mass is 370 g/mol. The van der Waals surface area contributed by atoms with Crippen LogP contribution in [0.3, 0.4) is 0 Å². The minimum atomic E-state index is -3.72. The third kappa shape index (κ3) is 4.32. The number of nitrogens with two attached hydrogens (primary N) is 1. The lowest BCUT2D eigenvalue weighted by Gasteiger charge is -2.14. The topological polar surface area (TPSA) is 81.4 Å². The summed E-state index contributed by atoms with van der Waals surface area (Å²) in [5, 5.41) is 0.299. The first-order chi connectivity index (χ1) is 8.81. The molecule has 1 atom stereocenters. The standard InChI is InChI=1S/C11H16BrClN2O3S/c1-3-8(14)6-15-19(16,17)10-5-7(13)4-9(12)11(10)18-2/h4-5,8,15H,3,6,14H2,1-2H3. The number of rotatable bonds is 6. The fraction of sp³-hybridized carbons (Fsp3) is 0.455. The molecule has 0 amide bonds. The Morgan fingerprint density at radius 3 is 2.68 bits per heavy atom. The third-order valence-corrected chi connectivity index (χ3v) is 4.76. The van der Waals surface area contributed by atoms with Gasteiger partial charge in [0, 0.05) is 17.6 Å². The molecule has 0 radical (unpaired) electrons. The Kier molecular flexibility index (Phi) is 6.07. The molecule has 0 bridgehead atoms. The van der Waals surface area contributed by atoms with Crippen LogP contribution >= 0.6 is 27.5 Å². The molecule has 0 aliphatic carbocycles. The first kappa shape index (κ1) is 16.7. The van der Waals surface area contributed by atoms with E-state index < -0.39 is 10.0 Å². The maximum atomic E-state index is 12.2. The summed E-state index contributed by atoms with van der Waals surface area (Å²) in [4.78, 5) is -0.0160. The predicted octanol–water partition coefficient (Wildman–Crippen LogP) is 2.13. The van der Waals surface area contributed by atoms with Crippen LogP contribution in [-0.4, -0.2) is 28.1 Å². The smallest absolute Gasteiger partial charge is 0.244 e. The minimum Gasteiger partial charge on any atom is -0.494 e. The lowest BCUT2D eigenvalue weighted by Crippen LogP contribution is -2.36. The van der Waals surface area contributed by atoms with Gasteiger partial charge in [-0.3, -0.25) is 0 Å². The summed E-state index contributed by atoms with van der Waals surface area (Å²) in [7, 11) is -2.33. The molecular formula is C11H16BrClN2O3S. The van der Waals surface area contributed by atoms with Crippen molar-refractivity contribution >= 4 is 37.6 Å². The average molecular weight is 372 g/mol.